The summed E-state index contributed by atoms with van der Waals surface area (Å²) in [5.74, 6) is -1.78. The number of H-pyrrole nitrogens is 1. The van der Waals surface area contributed by atoms with E-state index in [0.717, 1.165) is 25.9 Å². The number of likely N-dealkylation sites (tertiary alicyclic amines) is 1. The predicted octanol–water partition coefficient (Wildman–Crippen LogP) is 2.16. The molecule has 2 aromatic heterocycles. The summed E-state index contributed by atoms with van der Waals surface area (Å²) in [4.78, 5) is 36.9. The Bertz CT molecular complexity index is 1320. The molecule has 5 rings (SSSR count). The molecule has 0 radical (unpaired) electrons. The Morgan fingerprint density at radius 3 is 2.69 bits per heavy atom. The number of halogens is 2. The lowest BCUT2D eigenvalue weighted by Crippen LogP contribution is -2.53. The minimum Gasteiger partial charge on any atom is -0.483 e. The summed E-state index contributed by atoms with van der Waals surface area (Å²) in [6, 6.07) is 5.99. The maximum absolute atomic E-state index is 14.6. The van der Waals surface area contributed by atoms with Crippen LogP contribution >= 0.6 is 0 Å². The Hall–Kier alpha value is -3.44. The molecular formula is C24H26F2N6O3. The van der Waals surface area contributed by atoms with Gasteiger partial charge in [-0.25, -0.2) is 19.4 Å². The number of aromatic nitrogens is 3. The number of carbonyl (C=O) groups is 1. The van der Waals surface area contributed by atoms with Crippen LogP contribution in [0.1, 0.15) is 41.5 Å². The fraction of sp³-hybridized carbons (Fsp3) is 0.417. The molecule has 2 fully saturated rings. The Morgan fingerprint density at radius 2 is 1.97 bits per heavy atom. The molecule has 4 heterocycles. The second-order valence-corrected chi connectivity index (χ2v) is 8.89. The molecule has 2 aliphatic heterocycles. The first-order valence-electron chi connectivity index (χ1n) is 11.7. The van der Waals surface area contributed by atoms with Gasteiger partial charge in [-0.05, 0) is 49.1 Å². The molecular weight excluding hydrogens is 458 g/mol. The largest absolute Gasteiger partial charge is 0.483 e. The molecule has 3 aromatic rings. The first kappa shape index (κ1) is 23.3. The van der Waals surface area contributed by atoms with Crippen LogP contribution in [0.5, 0.6) is 5.75 Å². The molecule has 0 bridgehead atoms. The van der Waals surface area contributed by atoms with Crippen molar-refractivity contribution in [3.05, 3.63) is 63.3 Å². The number of hydrogen-bond acceptors (Lipinski definition) is 7. The van der Waals surface area contributed by atoms with E-state index in [0.29, 0.717) is 42.8 Å². The zero-order chi connectivity index (χ0) is 24.5. The lowest BCUT2D eigenvalue weighted by Gasteiger charge is -2.39. The Kier molecular flexibility index (Phi) is 6.44. The highest BCUT2D eigenvalue weighted by atomic mass is 19.1. The van der Waals surface area contributed by atoms with E-state index in [4.69, 9.17) is 4.74 Å². The third-order valence-corrected chi connectivity index (χ3v) is 6.25. The van der Waals surface area contributed by atoms with Gasteiger partial charge in [0.05, 0.1) is 5.52 Å². The van der Waals surface area contributed by atoms with Gasteiger partial charge in [0.1, 0.15) is 23.0 Å². The van der Waals surface area contributed by atoms with Crippen molar-refractivity contribution in [2.45, 2.75) is 38.8 Å². The van der Waals surface area contributed by atoms with Gasteiger partial charge in [0, 0.05) is 32.7 Å². The van der Waals surface area contributed by atoms with Crippen LogP contribution in [0.4, 0.5) is 8.78 Å². The summed E-state index contributed by atoms with van der Waals surface area (Å²) in [5.41, 5.74) is 3.90. The van der Waals surface area contributed by atoms with Crippen molar-refractivity contribution in [3.8, 4) is 5.75 Å². The van der Waals surface area contributed by atoms with Crippen molar-refractivity contribution in [2.75, 3.05) is 26.2 Å². The first-order valence-corrected chi connectivity index (χ1v) is 11.7. The van der Waals surface area contributed by atoms with Gasteiger partial charge in [0.2, 0.25) is 0 Å². The second-order valence-electron chi connectivity index (χ2n) is 8.89. The van der Waals surface area contributed by atoms with Gasteiger partial charge in [-0.15, -0.1) is 0 Å². The van der Waals surface area contributed by atoms with E-state index in [1.165, 1.54) is 18.2 Å². The predicted molar refractivity (Wildman–Crippen MR) is 124 cm³/mol. The van der Waals surface area contributed by atoms with E-state index in [2.05, 4.69) is 20.4 Å². The minimum atomic E-state index is -0.836. The summed E-state index contributed by atoms with van der Waals surface area (Å²) in [5, 5.41) is 1.80. The Morgan fingerprint density at radius 1 is 1.20 bits per heavy atom. The quantitative estimate of drug-likeness (QED) is 0.496. The molecule has 2 N–H and O–H groups in total. The number of hydrazine groups is 1. The van der Waals surface area contributed by atoms with Gasteiger partial charge in [-0.3, -0.25) is 19.9 Å². The van der Waals surface area contributed by atoms with Crippen molar-refractivity contribution in [1.82, 2.24) is 30.3 Å². The third-order valence-electron chi connectivity index (χ3n) is 6.25. The number of nitrogens with zero attached hydrogens (tertiary/aromatic N) is 4. The summed E-state index contributed by atoms with van der Waals surface area (Å²) >= 11 is 0. The number of hydrogen-bond donors (Lipinski definition) is 2. The number of aromatic amines is 1. The van der Waals surface area contributed by atoms with Gasteiger partial charge in [0.25, 0.3) is 17.4 Å². The van der Waals surface area contributed by atoms with Crippen LogP contribution in [0, 0.1) is 11.8 Å². The lowest BCUT2D eigenvalue weighted by atomic mass is 10.1. The van der Waals surface area contributed by atoms with Crippen LogP contribution in [-0.4, -0.2) is 63.1 Å². The topological polar surface area (TPSA) is 103 Å². The van der Waals surface area contributed by atoms with Gasteiger partial charge in [-0.1, -0.05) is 6.92 Å². The van der Waals surface area contributed by atoms with E-state index in [-0.39, 0.29) is 28.6 Å². The summed E-state index contributed by atoms with van der Waals surface area (Å²) in [6.45, 7) is 4.81. The van der Waals surface area contributed by atoms with Crippen molar-refractivity contribution in [3.63, 3.8) is 0 Å². The van der Waals surface area contributed by atoms with Crippen molar-refractivity contribution in [2.24, 2.45) is 0 Å². The van der Waals surface area contributed by atoms with Crippen molar-refractivity contribution < 1.29 is 18.3 Å². The molecule has 2 aliphatic rings. The average Bonchev–Trinajstić information content (AvgIpc) is 3.31. The molecule has 1 aromatic carbocycles. The minimum absolute atomic E-state index is 0.00564. The van der Waals surface area contributed by atoms with Crippen LogP contribution in [-0.2, 0) is 13.0 Å². The number of benzene rings is 1. The number of aryl methyl sites for hydroxylation is 1. The first-order chi connectivity index (χ1) is 16.9. The fourth-order valence-corrected chi connectivity index (χ4v) is 4.40. The highest BCUT2D eigenvalue weighted by Crippen LogP contribution is 2.24. The molecule has 0 aliphatic carbocycles. The highest BCUT2D eigenvalue weighted by molar-refractivity contribution is 5.91. The van der Waals surface area contributed by atoms with E-state index >= 15 is 0 Å². The standard InChI is InChI=1S/C24H26F2N6O3/c1-2-17-23(33)29-19-10-14(9-16(25)21(19)27-17)11-31-12-15(13-31)35-20-6-5-18(28-22(20)26)24(34)30-32-7-3-4-8-32/h5-6,9-10,15H,2-4,7-8,11-13H2,1H3,(H,29,33)(H,30,34). The summed E-state index contributed by atoms with van der Waals surface area (Å²) < 4.78 is 34.7. The van der Waals surface area contributed by atoms with E-state index in [1.807, 2.05) is 4.90 Å². The van der Waals surface area contributed by atoms with Gasteiger partial charge >= 0.3 is 0 Å². The molecule has 1 amide bonds. The van der Waals surface area contributed by atoms with Crippen LogP contribution in [0.15, 0.2) is 29.1 Å². The van der Waals surface area contributed by atoms with Crippen LogP contribution in [0.3, 0.4) is 0 Å². The monoisotopic (exact) mass is 484 g/mol. The van der Waals surface area contributed by atoms with Crippen LogP contribution < -0.4 is 15.7 Å². The number of rotatable bonds is 7. The highest BCUT2D eigenvalue weighted by Gasteiger charge is 2.30. The smallest absolute Gasteiger partial charge is 0.284 e. The maximum Gasteiger partial charge on any atom is 0.284 e. The molecule has 0 unspecified atom stereocenters. The number of ether oxygens (including phenoxy) is 1. The van der Waals surface area contributed by atoms with E-state index in [9.17, 15) is 18.4 Å². The lowest BCUT2D eigenvalue weighted by molar-refractivity contribution is 0.0118. The molecule has 0 saturated carbocycles. The molecule has 184 valence electrons. The molecule has 0 spiro atoms. The number of fused-ring (bicyclic) bond motifs is 1. The number of amides is 1. The van der Waals surface area contributed by atoms with Gasteiger partial charge in [0.15, 0.2) is 11.6 Å². The normalized spacial score (nSPS) is 17.0. The third kappa shape index (κ3) is 5.01. The Labute approximate surface area is 200 Å². The molecule has 0 atom stereocenters. The molecule has 35 heavy (non-hydrogen) atoms. The van der Waals surface area contributed by atoms with Crippen LogP contribution in [0.25, 0.3) is 11.0 Å². The summed E-state index contributed by atoms with van der Waals surface area (Å²) in [7, 11) is 0. The van der Waals surface area contributed by atoms with Gasteiger partial charge < -0.3 is 9.72 Å². The number of carbonyl (C=O) groups excluding carboxylic acids is 1. The SMILES string of the molecule is CCc1nc2c(F)cc(CN3CC(Oc4ccc(C(=O)NN5CCCC5)nc4F)C3)cc2[nH]c1=O. The fourth-order valence-electron chi connectivity index (χ4n) is 4.40. The summed E-state index contributed by atoms with van der Waals surface area (Å²) in [6.07, 6.45) is 2.19. The average molecular weight is 485 g/mol. The van der Waals surface area contributed by atoms with Crippen LogP contribution in [0.2, 0.25) is 0 Å². The van der Waals surface area contributed by atoms with E-state index in [1.54, 1.807) is 18.0 Å². The Balaban J connectivity index is 1.17. The zero-order valence-corrected chi connectivity index (χ0v) is 19.3. The second kappa shape index (κ2) is 9.67. The van der Waals surface area contributed by atoms with E-state index < -0.39 is 17.7 Å². The molecule has 9 nitrogen and oxygen atoms in total. The molecule has 11 heteroatoms. The zero-order valence-electron chi connectivity index (χ0n) is 19.3. The van der Waals surface area contributed by atoms with Crippen molar-refractivity contribution >= 4 is 16.9 Å². The molecule has 2 saturated heterocycles. The van der Waals surface area contributed by atoms with Crippen molar-refractivity contribution in [1.29, 1.82) is 0 Å². The number of pyridine rings is 1. The van der Waals surface area contributed by atoms with Gasteiger partial charge in [-0.2, -0.15) is 4.39 Å². The maximum atomic E-state index is 14.6. The number of nitrogens with one attached hydrogen (secondary N) is 2.